The number of benzene rings is 1. The maximum Gasteiger partial charge on any atom is 0.416 e. The third-order valence-electron chi connectivity index (χ3n) is 4.54. The number of Topliss-reactive ketones (excluding diaryl/α,β-unsaturated/α-hetero) is 1. The number of carbonyl (C=O) groups is 1. The first-order chi connectivity index (χ1) is 13.3. The summed E-state index contributed by atoms with van der Waals surface area (Å²) in [6.07, 6.45) is -2.41. The summed E-state index contributed by atoms with van der Waals surface area (Å²) >= 11 is 0. The number of alkyl halides is 3. The SMILES string of the molecule is Cn1nccc1-c1ccc(C(=O)C[C@H](CN)Cc2cccc(C(F)(F)F)c2)o1. The minimum atomic E-state index is -4.40. The Hall–Kier alpha value is -2.87. The van der Waals surface area contributed by atoms with Crippen molar-refractivity contribution in [3.63, 3.8) is 0 Å². The molecule has 1 atom stereocenters. The van der Waals surface area contributed by atoms with Crippen molar-refractivity contribution in [3.05, 3.63) is 65.5 Å². The van der Waals surface area contributed by atoms with E-state index in [1.54, 1.807) is 42.2 Å². The standard InChI is InChI=1S/C20H20F3N3O2/c1-26-16(7-8-25-26)18-5-6-19(28-18)17(27)11-14(12-24)9-13-3-2-4-15(10-13)20(21,22)23/h2-8,10,14H,9,11-12,24H2,1H3/t14-/m1/s1. The minimum Gasteiger partial charge on any atom is -0.451 e. The van der Waals surface area contributed by atoms with Crippen LogP contribution in [0, 0.1) is 5.92 Å². The second-order valence-corrected chi connectivity index (χ2v) is 6.64. The van der Waals surface area contributed by atoms with Gasteiger partial charge in [0.2, 0.25) is 0 Å². The molecule has 0 bridgehead atoms. The molecule has 0 spiro atoms. The third kappa shape index (κ3) is 4.51. The molecule has 2 aromatic heterocycles. The Labute approximate surface area is 159 Å². The quantitative estimate of drug-likeness (QED) is 0.616. The number of nitrogens with two attached hydrogens (primary N) is 1. The van der Waals surface area contributed by atoms with Gasteiger partial charge in [0, 0.05) is 19.7 Å². The molecule has 5 nitrogen and oxygen atoms in total. The van der Waals surface area contributed by atoms with Gasteiger partial charge in [-0.1, -0.05) is 18.2 Å². The smallest absolute Gasteiger partial charge is 0.416 e. The first kappa shape index (κ1) is 19.9. The van der Waals surface area contributed by atoms with Gasteiger partial charge in [-0.15, -0.1) is 0 Å². The molecule has 0 unspecified atom stereocenters. The van der Waals surface area contributed by atoms with Crippen LogP contribution >= 0.6 is 0 Å². The molecule has 0 saturated carbocycles. The van der Waals surface area contributed by atoms with E-state index in [2.05, 4.69) is 5.10 Å². The van der Waals surface area contributed by atoms with E-state index in [1.165, 1.54) is 6.07 Å². The van der Waals surface area contributed by atoms with E-state index >= 15 is 0 Å². The van der Waals surface area contributed by atoms with Crippen LogP contribution in [0.5, 0.6) is 0 Å². The number of furan rings is 1. The van der Waals surface area contributed by atoms with Crippen LogP contribution in [-0.4, -0.2) is 22.1 Å². The van der Waals surface area contributed by atoms with Crippen LogP contribution < -0.4 is 5.73 Å². The number of aromatic nitrogens is 2. The summed E-state index contributed by atoms with van der Waals surface area (Å²) in [6, 6.07) is 10.1. The van der Waals surface area contributed by atoms with Gasteiger partial charge in [-0.25, -0.2) is 0 Å². The summed E-state index contributed by atoms with van der Waals surface area (Å²) in [5.74, 6) is 0.182. The molecular formula is C20H20F3N3O2. The van der Waals surface area contributed by atoms with E-state index in [-0.39, 0.29) is 36.8 Å². The Morgan fingerprint density at radius 3 is 2.68 bits per heavy atom. The van der Waals surface area contributed by atoms with E-state index < -0.39 is 11.7 Å². The zero-order chi connectivity index (χ0) is 20.3. The molecule has 0 fully saturated rings. The molecule has 2 heterocycles. The summed E-state index contributed by atoms with van der Waals surface area (Å²) in [5, 5.41) is 4.06. The van der Waals surface area contributed by atoms with Crippen molar-refractivity contribution >= 4 is 5.78 Å². The monoisotopic (exact) mass is 391 g/mol. The van der Waals surface area contributed by atoms with E-state index in [0.29, 0.717) is 11.3 Å². The fourth-order valence-corrected chi connectivity index (χ4v) is 3.05. The van der Waals surface area contributed by atoms with E-state index in [0.717, 1.165) is 17.8 Å². The van der Waals surface area contributed by atoms with E-state index in [4.69, 9.17) is 10.2 Å². The average Bonchev–Trinajstić information content (AvgIpc) is 3.29. The van der Waals surface area contributed by atoms with Crippen LogP contribution in [0.2, 0.25) is 0 Å². The predicted molar refractivity (Wildman–Crippen MR) is 97.5 cm³/mol. The van der Waals surface area contributed by atoms with Crippen LogP contribution in [0.15, 0.2) is 53.1 Å². The first-order valence-electron chi connectivity index (χ1n) is 8.75. The molecule has 0 radical (unpaired) electrons. The zero-order valence-electron chi connectivity index (χ0n) is 15.2. The topological polar surface area (TPSA) is 74.0 Å². The molecule has 0 amide bonds. The summed E-state index contributed by atoms with van der Waals surface area (Å²) in [5.41, 5.74) is 6.28. The fourth-order valence-electron chi connectivity index (χ4n) is 3.05. The summed E-state index contributed by atoms with van der Waals surface area (Å²) in [6.45, 7) is 0.178. The predicted octanol–water partition coefficient (Wildman–Crippen LogP) is 4.09. The molecule has 0 aliphatic rings. The highest BCUT2D eigenvalue weighted by Crippen LogP contribution is 2.30. The van der Waals surface area contributed by atoms with Crippen molar-refractivity contribution in [1.29, 1.82) is 0 Å². The van der Waals surface area contributed by atoms with Gasteiger partial charge in [0.05, 0.1) is 5.56 Å². The summed E-state index contributed by atoms with van der Waals surface area (Å²) < 4.78 is 45.9. The largest absolute Gasteiger partial charge is 0.451 e. The van der Waals surface area contributed by atoms with Crippen molar-refractivity contribution in [2.24, 2.45) is 18.7 Å². The van der Waals surface area contributed by atoms with Crippen molar-refractivity contribution < 1.29 is 22.4 Å². The van der Waals surface area contributed by atoms with Gasteiger partial charge in [-0.3, -0.25) is 9.48 Å². The Morgan fingerprint density at radius 1 is 1.25 bits per heavy atom. The molecule has 3 rings (SSSR count). The maximum atomic E-state index is 12.9. The number of halogens is 3. The van der Waals surface area contributed by atoms with Crippen LogP contribution in [0.25, 0.3) is 11.5 Å². The lowest BCUT2D eigenvalue weighted by Gasteiger charge is -2.15. The van der Waals surface area contributed by atoms with Crippen LogP contribution in [0.3, 0.4) is 0 Å². The molecule has 28 heavy (non-hydrogen) atoms. The molecule has 0 aliphatic carbocycles. The third-order valence-corrected chi connectivity index (χ3v) is 4.54. The van der Waals surface area contributed by atoms with Crippen LogP contribution in [-0.2, 0) is 19.6 Å². The van der Waals surface area contributed by atoms with Crippen molar-refractivity contribution in [1.82, 2.24) is 9.78 Å². The number of hydrogen-bond donors (Lipinski definition) is 1. The second-order valence-electron chi connectivity index (χ2n) is 6.64. The average molecular weight is 391 g/mol. The lowest BCUT2D eigenvalue weighted by Crippen LogP contribution is -2.20. The number of aryl methyl sites for hydroxylation is 1. The van der Waals surface area contributed by atoms with Crippen LogP contribution in [0.1, 0.15) is 28.1 Å². The molecule has 2 N–H and O–H groups in total. The highest BCUT2D eigenvalue weighted by Gasteiger charge is 2.30. The van der Waals surface area contributed by atoms with Crippen LogP contribution in [0.4, 0.5) is 13.2 Å². The number of rotatable bonds is 7. The maximum absolute atomic E-state index is 12.9. The Bertz CT molecular complexity index is 960. The van der Waals surface area contributed by atoms with Gasteiger partial charge in [0.25, 0.3) is 0 Å². The van der Waals surface area contributed by atoms with E-state index in [1.807, 2.05) is 0 Å². The number of ketones is 1. The molecule has 8 heteroatoms. The molecule has 148 valence electrons. The highest BCUT2D eigenvalue weighted by atomic mass is 19.4. The zero-order valence-corrected chi connectivity index (χ0v) is 15.2. The van der Waals surface area contributed by atoms with Crippen molar-refractivity contribution in [3.8, 4) is 11.5 Å². The second kappa shape index (κ2) is 8.02. The van der Waals surface area contributed by atoms with Gasteiger partial charge in [-0.05, 0) is 48.7 Å². The number of nitrogens with zero attached hydrogens (tertiary/aromatic N) is 2. The number of carbonyl (C=O) groups excluding carboxylic acids is 1. The van der Waals surface area contributed by atoms with Gasteiger partial charge in [0.1, 0.15) is 5.69 Å². The van der Waals surface area contributed by atoms with Crippen molar-refractivity contribution in [2.75, 3.05) is 6.54 Å². The summed E-state index contributed by atoms with van der Waals surface area (Å²) in [4.78, 5) is 12.5. The lowest BCUT2D eigenvalue weighted by atomic mass is 9.93. The first-order valence-corrected chi connectivity index (χ1v) is 8.75. The Morgan fingerprint density at radius 2 is 2.04 bits per heavy atom. The molecular weight excluding hydrogens is 371 g/mol. The normalized spacial score (nSPS) is 12.9. The van der Waals surface area contributed by atoms with Gasteiger partial charge in [-0.2, -0.15) is 18.3 Å². The minimum absolute atomic E-state index is 0.0884. The lowest BCUT2D eigenvalue weighted by molar-refractivity contribution is -0.137. The van der Waals surface area contributed by atoms with Gasteiger partial charge in [0.15, 0.2) is 17.3 Å². The van der Waals surface area contributed by atoms with Crippen molar-refractivity contribution in [2.45, 2.75) is 19.0 Å². The van der Waals surface area contributed by atoms with Gasteiger partial charge < -0.3 is 10.2 Å². The van der Waals surface area contributed by atoms with Gasteiger partial charge >= 0.3 is 6.18 Å². The number of hydrogen-bond acceptors (Lipinski definition) is 4. The summed E-state index contributed by atoms with van der Waals surface area (Å²) in [7, 11) is 1.76. The van der Waals surface area contributed by atoms with E-state index in [9.17, 15) is 18.0 Å². The Balaban J connectivity index is 1.69. The highest BCUT2D eigenvalue weighted by molar-refractivity contribution is 5.94. The molecule has 3 aromatic rings. The Kier molecular flexibility index (Phi) is 5.69. The molecule has 0 aliphatic heterocycles. The fraction of sp³-hybridized carbons (Fsp3) is 0.300. The molecule has 0 saturated heterocycles. The molecule has 1 aromatic carbocycles.